The lowest BCUT2D eigenvalue weighted by atomic mass is 10.2. The molecule has 0 saturated carbocycles. The van der Waals surface area contributed by atoms with Crippen molar-refractivity contribution in [2.24, 2.45) is 0 Å². The molecule has 0 saturated heterocycles. The number of halogens is 2. The molecule has 0 aliphatic rings. The van der Waals surface area contributed by atoms with Gasteiger partial charge in [0.15, 0.2) is 0 Å². The van der Waals surface area contributed by atoms with E-state index < -0.39 is 0 Å². The van der Waals surface area contributed by atoms with E-state index in [1.807, 2.05) is 12.3 Å². The fourth-order valence-electron chi connectivity index (χ4n) is 1.41. The second kappa shape index (κ2) is 7.07. The molecule has 0 aliphatic heterocycles. The maximum atomic E-state index is 11.6. The van der Waals surface area contributed by atoms with Crippen molar-refractivity contribution in [3.05, 3.63) is 33.2 Å². The molecule has 0 amide bonds. The van der Waals surface area contributed by atoms with Crippen molar-refractivity contribution in [1.29, 1.82) is 0 Å². The number of aromatic nitrogens is 1. The summed E-state index contributed by atoms with van der Waals surface area (Å²) in [6.45, 7) is 0.792. The van der Waals surface area contributed by atoms with Gasteiger partial charge in [0, 0.05) is 18.6 Å². The van der Waals surface area contributed by atoms with Crippen LogP contribution in [0.5, 0.6) is 0 Å². The monoisotopic (exact) mass is 291 g/mol. The average molecular weight is 293 g/mol. The predicted octanol–water partition coefficient (Wildman–Crippen LogP) is 3.41. The first-order valence-corrected chi connectivity index (χ1v) is 6.49. The van der Waals surface area contributed by atoms with Crippen LogP contribution in [0.3, 0.4) is 0 Å². The maximum absolute atomic E-state index is 11.6. The third-order valence-electron chi connectivity index (χ3n) is 2.26. The lowest BCUT2D eigenvalue weighted by Crippen LogP contribution is -2.19. The normalized spacial score (nSPS) is 10.5. The van der Waals surface area contributed by atoms with Crippen LogP contribution < -0.4 is 5.56 Å². The summed E-state index contributed by atoms with van der Waals surface area (Å²) in [5.74, 6) is 0.733. The van der Waals surface area contributed by atoms with Crippen LogP contribution in [0, 0.1) is 0 Å². The summed E-state index contributed by atoms with van der Waals surface area (Å²) in [4.78, 5) is 11.6. The summed E-state index contributed by atoms with van der Waals surface area (Å²) in [5, 5.41) is 0. The molecule has 0 bridgehead atoms. The molecule has 0 radical (unpaired) electrons. The summed E-state index contributed by atoms with van der Waals surface area (Å²) in [6, 6.07) is 3.65. The number of pyridine rings is 1. The van der Waals surface area contributed by atoms with Crippen LogP contribution in [0.2, 0.25) is 0 Å². The zero-order valence-electron chi connectivity index (χ0n) is 8.59. The zero-order chi connectivity index (χ0) is 11.1. The minimum atomic E-state index is 0.0508. The highest BCUT2D eigenvalue weighted by Crippen LogP contribution is 2.04. The van der Waals surface area contributed by atoms with Crippen molar-refractivity contribution in [2.45, 2.75) is 32.2 Å². The number of alkyl halides is 1. The first kappa shape index (κ1) is 12.8. The molecule has 0 atom stereocenters. The lowest BCUT2D eigenvalue weighted by Gasteiger charge is -2.05. The van der Waals surface area contributed by atoms with Gasteiger partial charge in [0.1, 0.15) is 0 Å². The Labute approximate surface area is 103 Å². The molecular weight excluding hydrogens is 277 g/mol. The number of hydrogen-bond acceptors (Lipinski definition) is 1. The molecule has 0 N–H and O–H groups in total. The highest BCUT2D eigenvalue weighted by Gasteiger charge is 1.98. The van der Waals surface area contributed by atoms with E-state index in [0.717, 1.165) is 38.1 Å². The highest BCUT2D eigenvalue weighted by molar-refractivity contribution is 9.10. The molecule has 0 aromatic carbocycles. The van der Waals surface area contributed by atoms with E-state index in [1.165, 1.54) is 0 Å². The van der Waals surface area contributed by atoms with Gasteiger partial charge >= 0.3 is 0 Å². The zero-order valence-corrected chi connectivity index (χ0v) is 10.9. The molecule has 15 heavy (non-hydrogen) atoms. The molecule has 84 valence electrons. The number of nitrogens with zero attached hydrogens (tertiary/aromatic N) is 1. The van der Waals surface area contributed by atoms with E-state index in [9.17, 15) is 4.79 Å². The van der Waals surface area contributed by atoms with E-state index in [2.05, 4.69) is 15.9 Å². The summed E-state index contributed by atoms with van der Waals surface area (Å²) in [6.07, 6.45) is 6.20. The Bertz CT molecular complexity index is 351. The molecule has 0 unspecified atom stereocenters. The number of unbranched alkanes of at least 4 members (excludes halogenated alkanes) is 3. The van der Waals surface area contributed by atoms with Gasteiger partial charge in [0.25, 0.3) is 5.56 Å². The van der Waals surface area contributed by atoms with Gasteiger partial charge in [-0.1, -0.05) is 12.8 Å². The Morgan fingerprint density at radius 2 is 2.00 bits per heavy atom. The van der Waals surface area contributed by atoms with E-state index in [0.29, 0.717) is 4.47 Å². The maximum Gasteiger partial charge on any atom is 0.264 e. The Morgan fingerprint density at radius 3 is 2.73 bits per heavy atom. The summed E-state index contributed by atoms with van der Waals surface area (Å²) < 4.78 is 2.37. The van der Waals surface area contributed by atoms with Crippen molar-refractivity contribution >= 4 is 27.5 Å². The number of rotatable bonds is 6. The first-order chi connectivity index (χ1) is 7.25. The van der Waals surface area contributed by atoms with Crippen LogP contribution in [0.4, 0.5) is 0 Å². The van der Waals surface area contributed by atoms with Crippen LogP contribution in [0.25, 0.3) is 0 Å². The van der Waals surface area contributed by atoms with Gasteiger partial charge in [0.05, 0.1) is 4.47 Å². The topological polar surface area (TPSA) is 22.0 Å². The minimum Gasteiger partial charge on any atom is -0.315 e. The Kier molecular flexibility index (Phi) is 6.03. The van der Waals surface area contributed by atoms with Crippen LogP contribution in [-0.4, -0.2) is 10.4 Å². The second-order valence-corrected chi connectivity index (χ2v) is 4.69. The van der Waals surface area contributed by atoms with Crippen LogP contribution in [0.15, 0.2) is 27.6 Å². The molecule has 0 fully saturated rings. The van der Waals surface area contributed by atoms with Crippen LogP contribution in [0.1, 0.15) is 25.7 Å². The molecular formula is C11H15BrClNO. The van der Waals surface area contributed by atoms with Gasteiger partial charge in [-0.05, 0) is 40.9 Å². The van der Waals surface area contributed by atoms with Gasteiger partial charge in [-0.15, -0.1) is 11.6 Å². The summed E-state index contributed by atoms with van der Waals surface area (Å²) in [7, 11) is 0. The molecule has 1 rings (SSSR count). The summed E-state index contributed by atoms with van der Waals surface area (Å²) in [5.41, 5.74) is 0.0508. The Morgan fingerprint density at radius 1 is 1.27 bits per heavy atom. The third-order valence-corrected chi connectivity index (χ3v) is 3.13. The quantitative estimate of drug-likeness (QED) is 0.582. The van der Waals surface area contributed by atoms with Crippen molar-refractivity contribution in [2.75, 3.05) is 5.88 Å². The van der Waals surface area contributed by atoms with Crippen LogP contribution >= 0.6 is 27.5 Å². The fourth-order valence-corrected chi connectivity index (χ4v) is 1.98. The predicted molar refractivity (Wildman–Crippen MR) is 67.6 cm³/mol. The minimum absolute atomic E-state index is 0.0508. The molecule has 2 nitrogen and oxygen atoms in total. The van der Waals surface area contributed by atoms with Crippen LogP contribution in [-0.2, 0) is 6.54 Å². The standard InChI is InChI=1S/C11H15BrClNO/c12-10-6-5-9-14(11(10)15)8-4-2-1-3-7-13/h5-6,9H,1-4,7-8H2. The largest absolute Gasteiger partial charge is 0.315 e. The molecule has 1 heterocycles. The Balaban J connectivity index is 2.38. The van der Waals surface area contributed by atoms with Gasteiger partial charge in [0.2, 0.25) is 0 Å². The van der Waals surface area contributed by atoms with Crippen molar-refractivity contribution in [3.63, 3.8) is 0 Å². The van der Waals surface area contributed by atoms with Crippen molar-refractivity contribution < 1.29 is 0 Å². The number of aryl methyl sites for hydroxylation is 1. The molecule has 1 aromatic heterocycles. The third kappa shape index (κ3) is 4.39. The van der Waals surface area contributed by atoms with Gasteiger partial charge in [-0.25, -0.2) is 0 Å². The molecule has 1 aromatic rings. The summed E-state index contributed by atoms with van der Waals surface area (Å²) >= 11 is 8.81. The highest BCUT2D eigenvalue weighted by atomic mass is 79.9. The SMILES string of the molecule is O=c1c(Br)cccn1CCCCCCCl. The molecule has 4 heteroatoms. The van der Waals surface area contributed by atoms with Gasteiger partial charge in [-0.3, -0.25) is 4.79 Å². The number of hydrogen-bond donors (Lipinski definition) is 0. The van der Waals surface area contributed by atoms with Gasteiger partial charge < -0.3 is 4.57 Å². The smallest absolute Gasteiger partial charge is 0.264 e. The molecule has 0 aliphatic carbocycles. The Hall–Kier alpha value is -0.280. The van der Waals surface area contributed by atoms with Crippen molar-refractivity contribution in [1.82, 2.24) is 4.57 Å². The van der Waals surface area contributed by atoms with Crippen molar-refractivity contribution in [3.8, 4) is 0 Å². The van der Waals surface area contributed by atoms with E-state index in [1.54, 1.807) is 10.6 Å². The fraction of sp³-hybridized carbons (Fsp3) is 0.545. The van der Waals surface area contributed by atoms with E-state index in [4.69, 9.17) is 11.6 Å². The van der Waals surface area contributed by atoms with Gasteiger partial charge in [-0.2, -0.15) is 0 Å². The second-order valence-electron chi connectivity index (χ2n) is 3.46. The first-order valence-electron chi connectivity index (χ1n) is 5.16. The average Bonchev–Trinajstić information content (AvgIpc) is 2.24. The lowest BCUT2D eigenvalue weighted by molar-refractivity contribution is 0.570. The molecule has 0 spiro atoms. The van der Waals surface area contributed by atoms with E-state index in [-0.39, 0.29) is 5.56 Å². The van der Waals surface area contributed by atoms with E-state index >= 15 is 0 Å².